The Morgan fingerprint density at radius 2 is 2.12 bits per heavy atom. The first kappa shape index (κ1) is 17.0. The number of rotatable bonds is 8. The molecule has 1 N–H and O–H groups in total. The maximum Gasteiger partial charge on any atom is 0.308 e. The lowest BCUT2D eigenvalue weighted by Gasteiger charge is -2.24. The van der Waals surface area contributed by atoms with Gasteiger partial charge in [0.25, 0.3) is 5.91 Å². The summed E-state index contributed by atoms with van der Waals surface area (Å²) in [5, 5.41) is 9.40. The van der Waals surface area contributed by atoms with Gasteiger partial charge in [-0.25, -0.2) is 4.98 Å². The number of amides is 1. The Morgan fingerprint density at radius 1 is 1.42 bits per heavy atom. The Kier molecular flexibility index (Phi) is 4.94. The number of carbonyl (C=O) groups is 2. The molecule has 2 fully saturated rings. The highest BCUT2D eigenvalue weighted by molar-refractivity contribution is 6.32. The molecule has 1 unspecified atom stereocenters. The van der Waals surface area contributed by atoms with Crippen molar-refractivity contribution in [3.8, 4) is 5.88 Å². The maximum absolute atomic E-state index is 12.7. The number of aromatic nitrogens is 1. The molecule has 1 aromatic heterocycles. The zero-order chi connectivity index (χ0) is 17.3. The molecule has 2 aliphatic carbocycles. The second kappa shape index (κ2) is 6.97. The lowest BCUT2D eigenvalue weighted by Crippen LogP contribution is -2.38. The van der Waals surface area contributed by atoms with Crippen LogP contribution < -0.4 is 4.74 Å². The standard InChI is InChI=1S/C17H21ClN2O4/c1-10(17(22)23)8-20(13-4-5-13)16(21)12-6-14(18)15(19-7-12)24-9-11-2-3-11/h6-7,10-11,13H,2-5,8-9H2,1H3,(H,22,23). The first-order valence-electron chi connectivity index (χ1n) is 8.28. The summed E-state index contributed by atoms with van der Waals surface area (Å²) in [5.74, 6) is -0.815. The molecule has 3 rings (SSSR count). The number of carboxylic acids is 1. The van der Waals surface area contributed by atoms with Crippen molar-refractivity contribution in [3.05, 3.63) is 22.8 Å². The van der Waals surface area contributed by atoms with E-state index in [1.165, 1.54) is 19.0 Å². The van der Waals surface area contributed by atoms with Gasteiger partial charge in [0, 0.05) is 18.8 Å². The third kappa shape index (κ3) is 4.17. The number of hydrogen-bond acceptors (Lipinski definition) is 4. The number of carboxylic acid groups (broad SMARTS) is 1. The average molecular weight is 353 g/mol. The summed E-state index contributed by atoms with van der Waals surface area (Å²) in [4.78, 5) is 29.6. The number of halogens is 1. The quantitative estimate of drug-likeness (QED) is 0.778. The minimum Gasteiger partial charge on any atom is -0.481 e. The van der Waals surface area contributed by atoms with Crippen LogP contribution in [-0.4, -0.2) is 46.1 Å². The Bertz CT molecular complexity index is 643. The predicted molar refractivity (Wildman–Crippen MR) is 88.3 cm³/mol. The lowest BCUT2D eigenvalue weighted by atomic mass is 10.1. The van der Waals surface area contributed by atoms with Crippen LogP contribution in [0, 0.1) is 11.8 Å². The minimum atomic E-state index is -0.909. The van der Waals surface area contributed by atoms with Crippen molar-refractivity contribution in [3.63, 3.8) is 0 Å². The number of carbonyl (C=O) groups excluding carboxylic acids is 1. The highest BCUT2D eigenvalue weighted by atomic mass is 35.5. The third-order valence-electron chi connectivity index (χ3n) is 4.35. The van der Waals surface area contributed by atoms with Crippen LogP contribution in [0.15, 0.2) is 12.3 Å². The van der Waals surface area contributed by atoms with Gasteiger partial charge in [-0.3, -0.25) is 9.59 Å². The first-order valence-corrected chi connectivity index (χ1v) is 8.65. The van der Waals surface area contributed by atoms with Crippen LogP contribution >= 0.6 is 11.6 Å². The fourth-order valence-electron chi connectivity index (χ4n) is 2.45. The van der Waals surface area contributed by atoms with Crippen LogP contribution in [0.1, 0.15) is 43.0 Å². The zero-order valence-corrected chi connectivity index (χ0v) is 14.3. The topological polar surface area (TPSA) is 79.7 Å². The molecule has 1 heterocycles. The highest BCUT2D eigenvalue weighted by Crippen LogP contribution is 2.32. The van der Waals surface area contributed by atoms with Crippen LogP contribution in [0.4, 0.5) is 0 Å². The first-order chi connectivity index (χ1) is 11.5. The van der Waals surface area contributed by atoms with E-state index in [0.717, 1.165) is 12.8 Å². The van der Waals surface area contributed by atoms with Crippen LogP contribution in [0.5, 0.6) is 5.88 Å². The lowest BCUT2D eigenvalue weighted by molar-refractivity contribution is -0.141. The van der Waals surface area contributed by atoms with E-state index in [9.17, 15) is 9.59 Å². The van der Waals surface area contributed by atoms with Gasteiger partial charge in [-0.05, 0) is 37.7 Å². The Balaban J connectivity index is 1.69. The molecule has 6 nitrogen and oxygen atoms in total. The van der Waals surface area contributed by atoms with Crippen molar-refractivity contribution >= 4 is 23.5 Å². The van der Waals surface area contributed by atoms with Gasteiger partial charge in [-0.2, -0.15) is 0 Å². The molecule has 1 aromatic rings. The molecule has 130 valence electrons. The number of nitrogens with zero attached hydrogens (tertiary/aromatic N) is 2. The molecule has 1 amide bonds. The maximum atomic E-state index is 12.7. The Hall–Kier alpha value is -1.82. The molecule has 2 saturated carbocycles. The van der Waals surface area contributed by atoms with Crippen molar-refractivity contribution < 1.29 is 19.4 Å². The van der Waals surface area contributed by atoms with Crippen molar-refractivity contribution in [2.75, 3.05) is 13.2 Å². The molecule has 0 spiro atoms. The summed E-state index contributed by atoms with van der Waals surface area (Å²) in [6.45, 7) is 2.39. The second-order valence-corrected chi connectivity index (χ2v) is 7.10. The SMILES string of the molecule is CC(CN(C(=O)c1cnc(OCC2CC2)c(Cl)c1)C1CC1)C(=O)O. The van der Waals surface area contributed by atoms with Gasteiger partial charge in [0.1, 0.15) is 5.02 Å². The summed E-state index contributed by atoms with van der Waals surface area (Å²) >= 11 is 6.18. The molecular formula is C17H21ClN2O4. The van der Waals surface area contributed by atoms with Gasteiger partial charge in [0.2, 0.25) is 5.88 Å². The fourth-order valence-corrected chi connectivity index (χ4v) is 2.67. The van der Waals surface area contributed by atoms with E-state index >= 15 is 0 Å². The summed E-state index contributed by atoms with van der Waals surface area (Å²) in [5.41, 5.74) is 0.364. The molecule has 1 atom stereocenters. The summed E-state index contributed by atoms with van der Waals surface area (Å²) in [6.07, 6.45) is 5.61. The van der Waals surface area contributed by atoms with Gasteiger partial charge in [-0.1, -0.05) is 18.5 Å². The van der Waals surface area contributed by atoms with Crippen LogP contribution in [0.2, 0.25) is 5.02 Å². The molecule has 0 aliphatic heterocycles. The number of ether oxygens (including phenoxy) is 1. The molecule has 24 heavy (non-hydrogen) atoms. The van der Waals surface area contributed by atoms with Crippen LogP contribution in [0.25, 0.3) is 0 Å². The van der Waals surface area contributed by atoms with Crippen LogP contribution in [0.3, 0.4) is 0 Å². The highest BCUT2D eigenvalue weighted by Gasteiger charge is 2.35. The van der Waals surface area contributed by atoms with Gasteiger partial charge >= 0.3 is 5.97 Å². The van der Waals surface area contributed by atoms with Crippen molar-refractivity contribution in [1.82, 2.24) is 9.88 Å². The Labute approximate surface area is 145 Å². The molecule has 0 radical (unpaired) electrons. The van der Waals surface area contributed by atoms with Crippen LogP contribution in [-0.2, 0) is 4.79 Å². The minimum absolute atomic E-state index is 0.115. The average Bonchev–Trinajstić information content (AvgIpc) is 3.44. The van der Waals surface area contributed by atoms with E-state index < -0.39 is 11.9 Å². The molecule has 0 saturated heterocycles. The summed E-state index contributed by atoms with van der Waals surface area (Å²) < 4.78 is 5.57. The number of hydrogen-bond donors (Lipinski definition) is 1. The molecule has 7 heteroatoms. The summed E-state index contributed by atoms with van der Waals surface area (Å²) in [7, 11) is 0. The number of pyridine rings is 1. The smallest absolute Gasteiger partial charge is 0.308 e. The zero-order valence-electron chi connectivity index (χ0n) is 13.6. The normalized spacial score (nSPS) is 18.1. The molecule has 0 aromatic carbocycles. The monoisotopic (exact) mass is 352 g/mol. The van der Waals surface area contributed by atoms with E-state index in [0.29, 0.717) is 29.0 Å². The van der Waals surface area contributed by atoms with Gasteiger partial charge < -0.3 is 14.7 Å². The molecule has 0 bridgehead atoms. The van der Waals surface area contributed by atoms with E-state index in [1.54, 1.807) is 17.9 Å². The second-order valence-electron chi connectivity index (χ2n) is 6.69. The molecule has 2 aliphatic rings. The van der Waals surface area contributed by atoms with Gasteiger partial charge in [0.05, 0.1) is 18.1 Å². The van der Waals surface area contributed by atoms with E-state index in [1.807, 2.05) is 0 Å². The largest absolute Gasteiger partial charge is 0.481 e. The van der Waals surface area contributed by atoms with Gasteiger partial charge in [-0.15, -0.1) is 0 Å². The van der Waals surface area contributed by atoms with Crippen molar-refractivity contribution in [2.24, 2.45) is 11.8 Å². The number of aliphatic carboxylic acids is 1. The third-order valence-corrected chi connectivity index (χ3v) is 4.62. The van der Waals surface area contributed by atoms with E-state index in [-0.39, 0.29) is 18.5 Å². The molecular weight excluding hydrogens is 332 g/mol. The predicted octanol–water partition coefficient (Wildman–Crippen LogP) is 2.85. The van der Waals surface area contributed by atoms with E-state index in [2.05, 4.69) is 4.98 Å². The van der Waals surface area contributed by atoms with Crippen molar-refractivity contribution in [1.29, 1.82) is 0 Å². The van der Waals surface area contributed by atoms with Gasteiger partial charge in [0.15, 0.2) is 0 Å². The fraction of sp³-hybridized carbons (Fsp3) is 0.588. The van der Waals surface area contributed by atoms with Crippen molar-refractivity contribution in [2.45, 2.75) is 38.6 Å². The van der Waals surface area contributed by atoms with E-state index in [4.69, 9.17) is 21.4 Å². The Morgan fingerprint density at radius 3 is 2.67 bits per heavy atom. The summed E-state index contributed by atoms with van der Waals surface area (Å²) in [6, 6.07) is 1.67.